The fourth-order valence-corrected chi connectivity index (χ4v) is 3.07. The number of halogens is 1. The van der Waals surface area contributed by atoms with Crippen LogP contribution in [0.25, 0.3) is 16.9 Å². The molecule has 0 aliphatic carbocycles. The zero-order chi connectivity index (χ0) is 25.0. The lowest BCUT2D eigenvalue weighted by Crippen LogP contribution is -2.42. The van der Waals surface area contributed by atoms with Gasteiger partial charge in [0.2, 0.25) is 0 Å². The molecule has 0 fully saturated rings. The third kappa shape index (κ3) is 5.17. The number of nitriles is 2. The molecule has 3 rings (SSSR count). The molecule has 0 radical (unpaired) electrons. The predicted molar refractivity (Wildman–Crippen MR) is 120 cm³/mol. The van der Waals surface area contributed by atoms with Gasteiger partial charge in [-0.1, -0.05) is 0 Å². The highest BCUT2D eigenvalue weighted by Gasteiger charge is 2.27. The van der Waals surface area contributed by atoms with E-state index in [-0.39, 0.29) is 11.3 Å². The molecule has 0 spiro atoms. The average Bonchev–Trinajstić information content (AvgIpc) is 3.24. The second-order valence-corrected chi connectivity index (χ2v) is 8.20. The van der Waals surface area contributed by atoms with Gasteiger partial charge in [-0.05, 0) is 45.0 Å². The standard InChI is InChI=1S/C23H22FN7O3/c1-13(20(32)9-26)30-17-7-18(19-5-4-15-6-14(8-25)10-29-31(15)19)27-11-16(17)22(33)28-12-21(24)23(2,3)34/h4-7,10-11,13,21,34H,12H2,1-3H3,(H,27,30)(H,28,33)/t13-,21-/m1/s1. The summed E-state index contributed by atoms with van der Waals surface area (Å²) in [6, 6.07) is 9.27. The molecule has 11 heteroatoms. The molecule has 0 saturated carbocycles. The first-order chi connectivity index (χ1) is 16.0. The van der Waals surface area contributed by atoms with E-state index in [4.69, 9.17) is 10.5 Å². The van der Waals surface area contributed by atoms with Gasteiger partial charge in [0.1, 0.15) is 18.3 Å². The fraction of sp³-hybridized carbons (Fsp3) is 0.304. The number of rotatable bonds is 8. The number of anilines is 1. The maximum absolute atomic E-state index is 14.1. The van der Waals surface area contributed by atoms with Crippen LogP contribution in [0.1, 0.15) is 36.7 Å². The Morgan fingerprint density at radius 3 is 2.65 bits per heavy atom. The highest BCUT2D eigenvalue weighted by atomic mass is 19.1. The molecule has 3 aromatic rings. The van der Waals surface area contributed by atoms with Gasteiger partial charge in [-0.25, -0.2) is 8.91 Å². The molecule has 0 saturated heterocycles. The van der Waals surface area contributed by atoms with Crippen LogP contribution in [0.3, 0.4) is 0 Å². The first-order valence-electron chi connectivity index (χ1n) is 10.3. The molecule has 3 aromatic heterocycles. The van der Waals surface area contributed by atoms with E-state index in [1.165, 1.54) is 45.3 Å². The summed E-state index contributed by atoms with van der Waals surface area (Å²) in [6.07, 6.45) is 0.952. The zero-order valence-corrected chi connectivity index (χ0v) is 18.7. The summed E-state index contributed by atoms with van der Waals surface area (Å²) in [7, 11) is 0. The number of fused-ring (bicyclic) bond motifs is 1. The molecule has 3 N–H and O–H groups in total. The van der Waals surface area contributed by atoms with Gasteiger partial charge in [-0.3, -0.25) is 14.6 Å². The van der Waals surface area contributed by atoms with E-state index in [1.807, 2.05) is 6.07 Å². The van der Waals surface area contributed by atoms with Crippen LogP contribution in [0.2, 0.25) is 0 Å². The molecule has 0 aliphatic rings. The SMILES string of the molecule is C[C@@H](Nc1cc(-c2ccc3cc(C#N)cnn23)ncc1C(=O)NC[C@@H](F)C(C)(C)O)C(=O)C#N. The number of alkyl halides is 1. The Morgan fingerprint density at radius 1 is 1.26 bits per heavy atom. The lowest BCUT2D eigenvalue weighted by Gasteiger charge is -2.23. The monoisotopic (exact) mass is 463 g/mol. The molecule has 3 heterocycles. The van der Waals surface area contributed by atoms with Gasteiger partial charge in [0, 0.05) is 6.20 Å². The van der Waals surface area contributed by atoms with Gasteiger partial charge in [-0.15, -0.1) is 0 Å². The summed E-state index contributed by atoms with van der Waals surface area (Å²) in [4.78, 5) is 28.9. The minimum atomic E-state index is -1.71. The molecular formula is C23H22FN7O3. The molecule has 0 aliphatic heterocycles. The number of Topliss-reactive ketones (excluding diaryl/α,β-unsaturated/α-hetero) is 1. The first kappa shape index (κ1) is 24.3. The number of pyridine rings is 1. The number of carbonyl (C=O) groups is 2. The number of ketones is 1. The van der Waals surface area contributed by atoms with Crippen molar-refractivity contribution in [3.8, 4) is 23.5 Å². The van der Waals surface area contributed by atoms with E-state index in [9.17, 15) is 19.1 Å². The van der Waals surface area contributed by atoms with Crippen molar-refractivity contribution in [1.29, 1.82) is 10.5 Å². The predicted octanol–water partition coefficient (Wildman–Crippen LogP) is 2.00. The summed E-state index contributed by atoms with van der Waals surface area (Å²) in [5.41, 5.74) is 0.568. The number of hydrogen-bond acceptors (Lipinski definition) is 8. The van der Waals surface area contributed by atoms with Crippen molar-refractivity contribution in [2.45, 2.75) is 38.6 Å². The smallest absolute Gasteiger partial charge is 0.255 e. The highest BCUT2D eigenvalue weighted by molar-refractivity contribution is 6.03. The first-order valence-corrected chi connectivity index (χ1v) is 10.3. The summed E-state index contributed by atoms with van der Waals surface area (Å²) in [6.45, 7) is 3.61. The van der Waals surface area contributed by atoms with Crippen LogP contribution in [0.15, 0.2) is 36.7 Å². The van der Waals surface area contributed by atoms with E-state index in [1.54, 1.807) is 22.7 Å². The van der Waals surface area contributed by atoms with Crippen LogP contribution in [0.5, 0.6) is 0 Å². The van der Waals surface area contributed by atoms with Crippen molar-refractivity contribution in [3.05, 3.63) is 47.8 Å². The van der Waals surface area contributed by atoms with E-state index < -0.39 is 36.0 Å². The van der Waals surface area contributed by atoms with Gasteiger partial charge in [0.15, 0.2) is 0 Å². The quantitative estimate of drug-likeness (QED) is 0.428. The lowest BCUT2D eigenvalue weighted by molar-refractivity contribution is -0.114. The van der Waals surface area contributed by atoms with Crippen LogP contribution in [-0.4, -0.2) is 55.8 Å². The maximum Gasteiger partial charge on any atom is 0.255 e. The molecule has 0 aromatic carbocycles. The fourth-order valence-electron chi connectivity index (χ4n) is 3.07. The van der Waals surface area contributed by atoms with E-state index in [0.717, 1.165) is 0 Å². The summed E-state index contributed by atoms with van der Waals surface area (Å²) in [5.74, 6) is -1.42. The Balaban J connectivity index is 1.99. The number of carbonyl (C=O) groups excluding carboxylic acids is 2. The minimum Gasteiger partial charge on any atom is -0.387 e. The normalized spacial score (nSPS) is 12.9. The molecule has 10 nitrogen and oxygen atoms in total. The average molecular weight is 463 g/mol. The Labute approximate surface area is 194 Å². The number of aromatic nitrogens is 3. The van der Waals surface area contributed by atoms with E-state index in [0.29, 0.717) is 22.5 Å². The van der Waals surface area contributed by atoms with Crippen LogP contribution in [0, 0.1) is 22.7 Å². The Morgan fingerprint density at radius 2 is 2.00 bits per heavy atom. The molecular weight excluding hydrogens is 441 g/mol. The Bertz CT molecular complexity index is 1330. The van der Waals surface area contributed by atoms with Crippen molar-refractivity contribution in [2.24, 2.45) is 0 Å². The maximum atomic E-state index is 14.1. The van der Waals surface area contributed by atoms with Crippen LogP contribution in [-0.2, 0) is 4.79 Å². The summed E-state index contributed by atoms with van der Waals surface area (Å²) in [5, 5.41) is 37.2. The van der Waals surface area contributed by atoms with Crippen LogP contribution in [0.4, 0.5) is 10.1 Å². The summed E-state index contributed by atoms with van der Waals surface area (Å²) < 4.78 is 15.7. The van der Waals surface area contributed by atoms with Gasteiger partial charge < -0.3 is 15.7 Å². The number of hydrogen-bond donors (Lipinski definition) is 3. The van der Waals surface area contributed by atoms with E-state index >= 15 is 0 Å². The zero-order valence-electron chi connectivity index (χ0n) is 18.7. The number of amides is 1. The topological polar surface area (TPSA) is 156 Å². The third-order valence-corrected chi connectivity index (χ3v) is 5.12. The Kier molecular flexibility index (Phi) is 6.89. The Hall–Kier alpha value is -4.35. The van der Waals surface area contributed by atoms with Crippen LogP contribution >= 0.6 is 0 Å². The number of nitrogens with one attached hydrogen (secondary N) is 2. The van der Waals surface area contributed by atoms with Gasteiger partial charge in [-0.2, -0.15) is 15.6 Å². The van der Waals surface area contributed by atoms with Crippen molar-refractivity contribution in [2.75, 3.05) is 11.9 Å². The molecule has 0 bridgehead atoms. The highest BCUT2D eigenvalue weighted by Crippen LogP contribution is 2.26. The molecule has 34 heavy (non-hydrogen) atoms. The number of aliphatic hydroxyl groups is 1. The minimum absolute atomic E-state index is 0.0184. The van der Waals surface area contributed by atoms with Crippen molar-refractivity contribution in [1.82, 2.24) is 19.9 Å². The third-order valence-electron chi connectivity index (χ3n) is 5.12. The second-order valence-electron chi connectivity index (χ2n) is 8.20. The van der Waals surface area contributed by atoms with Crippen molar-refractivity contribution in [3.63, 3.8) is 0 Å². The molecule has 174 valence electrons. The second kappa shape index (κ2) is 9.65. The van der Waals surface area contributed by atoms with Gasteiger partial charge >= 0.3 is 0 Å². The number of nitrogens with zero attached hydrogens (tertiary/aromatic N) is 5. The van der Waals surface area contributed by atoms with Crippen molar-refractivity contribution >= 4 is 22.9 Å². The van der Waals surface area contributed by atoms with Crippen LogP contribution < -0.4 is 10.6 Å². The van der Waals surface area contributed by atoms with Crippen molar-refractivity contribution < 1.29 is 19.1 Å². The van der Waals surface area contributed by atoms with E-state index in [2.05, 4.69) is 20.7 Å². The molecule has 1 amide bonds. The van der Waals surface area contributed by atoms with Gasteiger partial charge in [0.05, 0.1) is 58.1 Å². The molecule has 2 atom stereocenters. The van der Waals surface area contributed by atoms with Gasteiger partial charge in [0.25, 0.3) is 11.7 Å². The largest absolute Gasteiger partial charge is 0.387 e. The molecule has 0 unspecified atom stereocenters. The lowest BCUT2D eigenvalue weighted by atomic mass is 10.0. The summed E-state index contributed by atoms with van der Waals surface area (Å²) >= 11 is 0.